The van der Waals surface area contributed by atoms with Crippen molar-refractivity contribution in [1.29, 1.82) is 0 Å². The molecule has 1 aliphatic heterocycles. The number of benzene rings is 2. The van der Waals surface area contributed by atoms with E-state index in [0.717, 1.165) is 10.9 Å². The van der Waals surface area contributed by atoms with Gasteiger partial charge in [0.1, 0.15) is 11.5 Å². The first-order chi connectivity index (χ1) is 15.6. The first-order valence-corrected chi connectivity index (χ1v) is 10.8. The number of rotatable bonds is 4. The summed E-state index contributed by atoms with van der Waals surface area (Å²) >= 11 is 6.19. The van der Waals surface area contributed by atoms with Crippen LogP contribution in [0.2, 0.25) is 5.02 Å². The maximum Gasteiger partial charge on any atom is 0.270 e. The summed E-state index contributed by atoms with van der Waals surface area (Å²) in [6.07, 6.45) is 3.43. The van der Waals surface area contributed by atoms with Gasteiger partial charge in [0.25, 0.3) is 5.91 Å². The van der Waals surface area contributed by atoms with Gasteiger partial charge in [-0.2, -0.15) is 0 Å². The van der Waals surface area contributed by atoms with Gasteiger partial charge in [-0.15, -0.1) is 0 Å². The van der Waals surface area contributed by atoms with Crippen LogP contribution in [-0.4, -0.2) is 51.5 Å². The van der Waals surface area contributed by atoms with Gasteiger partial charge < -0.3 is 14.4 Å². The van der Waals surface area contributed by atoms with Crippen molar-refractivity contribution in [3.05, 3.63) is 89.1 Å². The number of hydrogen-bond acceptors (Lipinski definition) is 4. The van der Waals surface area contributed by atoms with Crippen molar-refractivity contribution < 1.29 is 9.18 Å². The molecule has 1 amide bonds. The lowest BCUT2D eigenvalue weighted by atomic mass is 10.2. The Morgan fingerprint density at radius 2 is 1.72 bits per heavy atom. The highest BCUT2D eigenvalue weighted by molar-refractivity contribution is 6.31. The smallest absolute Gasteiger partial charge is 0.270 e. The maximum absolute atomic E-state index is 14.4. The number of anilines is 1. The zero-order valence-corrected chi connectivity index (χ0v) is 18.0. The van der Waals surface area contributed by atoms with Crippen molar-refractivity contribution in [2.24, 2.45) is 0 Å². The Bertz CT molecular complexity index is 1270. The second-order valence-corrected chi connectivity index (χ2v) is 8.17. The number of piperazine rings is 1. The van der Waals surface area contributed by atoms with E-state index in [2.05, 4.69) is 14.9 Å². The number of carbonyl (C=O) groups excluding carboxylic acids is 1. The third-order valence-electron chi connectivity index (χ3n) is 5.77. The van der Waals surface area contributed by atoms with E-state index in [1.807, 2.05) is 27.7 Å². The third-order valence-corrected chi connectivity index (χ3v) is 6.01. The molecule has 3 heterocycles. The van der Waals surface area contributed by atoms with Gasteiger partial charge in [0.2, 0.25) is 5.95 Å². The van der Waals surface area contributed by atoms with Crippen molar-refractivity contribution in [2.45, 2.75) is 6.54 Å². The number of hydrogen-bond donors (Lipinski definition) is 0. The van der Waals surface area contributed by atoms with Gasteiger partial charge in [0.15, 0.2) is 0 Å². The van der Waals surface area contributed by atoms with Gasteiger partial charge in [-0.3, -0.25) is 4.79 Å². The topological polar surface area (TPSA) is 54.3 Å². The Labute approximate surface area is 189 Å². The van der Waals surface area contributed by atoms with E-state index in [1.165, 1.54) is 6.07 Å². The Hall–Kier alpha value is -3.45. The summed E-state index contributed by atoms with van der Waals surface area (Å²) in [6, 6.07) is 15.8. The van der Waals surface area contributed by atoms with Crippen molar-refractivity contribution in [2.75, 3.05) is 31.1 Å². The van der Waals surface area contributed by atoms with Crippen LogP contribution in [0.5, 0.6) is 0 Å². The van der Waals surface area contributed by atoms with Crippen LogP contribution in [-0.2, 0) is 6.54 Å². The standard InChI is InChI=1S/C24H21ClFN5O/c25-19-6-7-21-18(14-19)15-22(31(21)16-17-4-1-2-5-20(17)26)23(32)29-10-12-30(13-11-29)24-27-8-3-9-28-24/h1-9,14-15H,10-13,16H2. The molecule has 5 rings (SSSR count). The summed E-state index contributed by atoms with van der Waals surface area (Å²) in [6.45, 7) is 2.67. The molecule has 2 aromatic carbocycles. The summed E-state index contributed by atoms with van der Waals surface area (Å²) in [5.74, 6) is 0.295. The van der Waals surface area contributed by atoms with Crippen LogP contribution >= 0.6 is 11.6 Å². The quantitative estimate of drug-likeness (QED) is 0.467. The summed E-state index contributed by atoms with van der Waals surface area (Å²) in [7, 11) is 0. The molecule has 2 aromatic heterocycles. The molecule has 32 heavy (non-hydrogen) atoms. The van der Waals surface area contributed by atoms with Crippen LogP contribution in [0.25, 0.3) is 10.9 Å². The van der Waals surface area contributed by atoms with Gasteiger partial charge in [-0.1, -0.05) is 29.8 Å². The van der Waals surface area contributed by atoms with Crippen LogP contribution in [0.4, 0.5) is 10.3 Å². The van der Waals surface area contributed by atoms with Crippen molar-refractivity contribution >= 4 is 34.4 Å². The lowest BCUT2D eigenvalue weighted by Gasteiger charge is -2.34. The second-order valence-electron chi connectivity index (χ2n) is 7.74. The molecule has 0 radical (unpaired) electrons. The van der Waals surface area contributed by atoms with Gasteiger partial charge >= 0.3 is 0 Å². The van der Waals surface area contributed by atoms with E-state index in [1.54, 1.807) is 42.7 Å². The highest BCUT2D eigenvalue weighted by atomic mass is 35.5. The van der Waals surface area contributed by atoms with Gasteiger partial charge in [-0.25, -0.2) is 14.4 Å². The predicted octanol–water partition coefficient (Wildman–Crippen LogP) is 4.23. The molecule has 0 unspecified atom stereocenters. The largest absolute Gasteiger partial charge is 0.337 e. The first kappa shape index (κ1) is 20.5. The van der Waals surface area contributed by atoms with Crippen LogP contribution in [0.15, 0.2) is 67.0 Å². The normalized spacial score (nSPS) is 14.2. The molecule has 0 aliphatic carbocycles. The Kier molecular flexibility index (Phi) is 5.49. The van der Waals surface area contributed by atoms with Gasteiger partial charge in [0, 0.05) is 60.1 Å². The van der Waals surface area contributed by atoms with E-state index in [-0.39, 0.29) is 18.3 Å². The van der Waals surface area contributed by atoms with E-state index in [4.69, 9.17) is 11.6 Å². The predicted molar refractivity (Wildman–Crippen MR) is 123 cm³/mol. The summed E-state index contributed by atoms with van der Waals surface area (Å²) in [4.78, 5) is 26.0. The van der Waals surface area contributed by atoms with E-state index in [0.29, 0.717) is 48.4 Å². The molecule has 0 bridgehead atoms. The second kappa shape index (κ2) is 8.59. The molecule has 162 valence electrons. The van der Waals surface area contributed by atoms with Crippen LogP contribution in [0.1, 0.15) is 16.1 Å². The monoisotopic (exact) mass is 449 g/mol. The minimum Gasteiger partial charge on any atom is -0.337 e. The molecule has 0 spiro atoms. The van der Waals surface area contributed by atoms with Gasteiger partial charge in [-0.05, 0) is 36.4 Å². The number of halogens is 2. The number of nitrogens with zero attached hydrogens (tertiary/aromatic N) is 5. The lowest BCUT2D eigenvalue weighted by Crippen LogP contribution is -2.49. The molecule has 1 fully saturated rings. The van der Waals surface area contributed by atoms with Crippen LogP contribution in [0.3, 0.4) is 0 Å². The Morgan fingerprint density at radius 1 is 0.969 bits per heavy atom. The first-order valence-electron chi connectivity index (χ1n) is 10.4. The fourth-order valence-corrected chi connectivity index (χ4v) is 4.29. The Morgan fingerprint density at radius 3 is 2.47 bits per heavy atom. The van der Waals surface area contributed by atoms with E-state index >= 15 is 0 Å². The van der Waals surface area contributed by atoms with Crippen molar-refractivity contribution in [3.63, 3.8) is 0 Å². The number of fused-ring (bicyclic) bond motifs is 1. The molecular weight excluding hydrogens is 429 g/mol. The van der Waals surface area contributed by atoms with Crippen molar-refractivity contribution in [1.82, 2.24) is 19.4 Å². The minimum absolute atomic E-state index is 0.0812. The van der Waals surface area contributed by atoms with E-state index in [9.17, 15) is 9.18 Å². The molecule has 0 N–H and O–H groups in total. The van der Waals surface area contributed by atoms with Crippen LogP contribution in [0, 0.1) is 5.82 Å². The minimum atomic E-state index is -0.293. The van der Waals surface area contributed by atoms with Crippen LogP contribution < -0.4 is 4.90 Å². The summed E-state index contributed by atoms with van der Waals surface area (Å²) in [5.41, 5.74) is 1.90. The number of amides is 1. The van der Waals surface area contributed by atoms with Crippen molar-refractivity contribution in [3.8, 4) is 0 Å². The lowest BCUT2D eigenvalue weighted by molar-refractivity contribution is 0.0736. The molecule has 0 saturated carbocycles. The zero-order valence-electron chi connectivity index (χ0n) is 17.3. The average Bonchev–Trinajstić information content (AvgIpc) is 3.18. The molecule has 0 atom stereocenters. The fourth-order valence-electron chi connectivity index (χ4n) is 4.11. The zero-order chi connectivity index (χ0) is 22.1. The van der Waals surface area contributed by atoms with Gasteiger partial charge in [0.05, 0.1) is 6.54 Å². The number of aromatic nitrogens is 3. The third kappa shape index (κ3) is 3.91. The average molecular weight is 450 g/mol. The fraction of sp³-hybridized carbons (Fsp3) is 0.208. The Balaban J connectivity index is 1.44. The highest BCUT2D eigenvalue weighted by Crippen LogP contribution is 2.26. The van der Waals surface area contributed by atoms with E-state index < -0.39 is 0 Å². The molecule has 1 saturated heterocycles. The molecular formula is C24H21ClFN5O. The molecule has 4 aromatic rings. The highest BCUT2D eigenvalue weighted by Gasteiger charge is 2.26. The number of carbonyl (C=O) groups is 1. The molecule has 6 nitrogen and oxygen atoms in total. The summed E-state index contributed by atoms with van der Waals surface area (Å²) in [5, 5.41) is 1.45. The SMILES string of the molecule is O=C(c1cc2cc(Cl)ccc2n1Cc1ccccc1F)N1CCN(c2ncccn2)CC1. The molecule has 1 aliphatic rings. The summed E-state index contributed by atoms with van der Waals surface area (Å²) < 4.78 is 16.3. The maximum atomic E-state index is 14.4. The molecule has 8 heteroatoms.